The second-order valence-electron chi connectivity index (χ2n) is 7.13. The normalized spacial score (nSPS) is 12.0. The molecule has 5 heteroatoms. The highest BCUT2D eigenvalue weighted by molar-refractivity contribution is 9.11. The highest BCUT2D eigenvalue weighted by Gasteiger charge is 2.14. The predicted molar refractivity (Wildman–Crippen MR) is 129 cm³/mol. The van der Waals surface area contributed by atoms with Crippen molar-refractivity contribution in [3.05, 3.63) is 110 Å². The molecule has 0 saturated carbocycles. The van der Waals surface area contributed by atoms with Gasteiger partial charge in [-0.05, 0) is 70.8 Å². The van der Waals surface area contributed by atoms with Crippen LogP contribution >= 0.6 is 31.9 Å². The Kier molecular flexibility index (Phi) is 6.04. The maximum absolute atomic E-state index is 12.6. The SMILES string of the molecule is Cc1ccccc1NC(=O)c1ccc(C(O)c2ccc3c(Br)ccc(Br)c3c2)cc1. The summed E-state index contributed by atoms with van der Waals surface area (Å²) in [4.78, 5) is 12.6. The van der Waals surface area contributed by atoms with E-state index in [-0.39, 0.29) is 5.91 Å². The minimum absolute atomic E-state index is 0.176. The number of aryl methyl sites for hydroxylation is 1. The van der Waals surface area contributed by atoms with Crippen molar-refractivity contribution in [3.8, 4) is 0 Å². The smallest absolute Gasteiger partial charge is 0.255 e. The van der Waals surface area contributed by atoms with E-state index in [1.165, 1.54) is 0 Å². The Labute approximate surface area is 192 Å². The van der Waals surface area contributed by atoms with Gasteiger partial charge in [0.1, 0.15) is 6.10 Å². The average molecular weight is 525 g/mol. The third-order valence-corrected chi connectivity index (χ3v) is 6.51. The summed E-state index contributed by atoms with van der Waals surface area (Å²) in [5.41, 5.74) is 3.86. The van der Waals surface area contributed by atoms with Gasteiger partial charge in [0, 0.05) is 20.2 Å². The summed E-state index contributed by atoms with van der Waals surface area (Å²) in [5, 5.41) is 15.9. The lowest BCUT2D eigenvalue weighted by molar-refractivity contribution is 0.102. The number of carbonyl (C=O) groups excluding carboxylic acids is 1. The van der Waals surface area contributed by atoms with Crippen LogP contribution in [0.5, 0.6) is 0 Å². The van der Waals surface area contributed by atoms with Crippen molar-refractivity contribution in [2.24, 2.45) is 0 Å². The summed E-state index contributed by atoms with van der Waals surface area (Å²) < 4.78 is 1.98. The number of para-hydroxylation sites is 1. The fourth-order valence-electron chi connectivity index (χ4n) is 3.38. The summed E-state index contributed by atoms with van der Waals surface area (Å²) in [6, 6.07) is 24.6. The third-order valence-electron chi connectivity index (χ3n) is 5.13. The second-order valence-corrected chi connectivity index (χ2v) is 8.84. The maximum Gasteiger partial charge on any atom is 0.255 e. The number of hydrogen-bond donors (Lipinski definition) is 2. The standard InChI is InChI=1S/C25H19Br2NO2/c1-15-4-2-3-5-23(15)28-25(30)17-8-6-16(7-9-17)24(29)18-10-11-19-20(14-18)22(27)13-12-21(19)26/h2-14,24,29H,1H3,(H,28,30). The number of carbonyl (C=O) groups is 1. The van der Waals surface area contributed by atoms with Gasteiger partial charge in [0.15, 0.2) is 0 Å². The highest BCUT2D eigenvalue weighted by atomic mass is 79.9. The molecule has 0 aliphatic rings. The number of nitrogens with one attached hydrogen (secondary N) is 1. The number of amides is 1. The Bertz CT molecular complexity index is 1240. The number of anilines is 1. The Hall–Kier alpha value is -2.47. The number of rotatable bonds is 4. The zero-order valence-corrected chi connectivity index (χ0v) is 19.4. The second kappa shape index (κ2) is 8.72. The first-order chi connectivity index (χ1) is 14.4. The third kappa shape index (κ3) is 4.19. The first-order valence-electron chi connectivity index (χ1n) is 9.47. The fraction of sp³-hybridized carbons (Fsp3) is 0.0800. The van der Waals surface area contributed by atoms with Crippen molar-refractivity contribution >= 4 is 54.2 Å². The van der Waals surface area contributed by atoms with Crippen LogP contribution in [0.1, 0.15) is 33.2 Å². The van der Waals surface area contributed by atoms with E-state index in [1.807, 2.05) is 61.5 Å². The number of fused-ring (bicyclic) bond motifs is 1. The van der Waals surface area contributed by atoms with Crippen LogP contribution in [0.2, 0.25) is 0 Å². The van der Waals surface area contributed by atoms with E-state index in [4.69, 9.17) is 0 Å². The van der Waals surface area contributed by atoms with E-state index in [0.717, 1.165) is 42.1 Å². The molecule has 4 aromatic carbocycles. The number of hydrogen-bond acceptors (Lipinski definition) is 2. The summed E-state index contributed by atoms with van der Waals surface area (Å²) >= 11 is 7.15. The van der Waals surface area contributed by atoms with Crippen molar-refractivity contribution in [1.29, 1.82) is 0 Å². The van der Waals surface area contributed by atoms with Crippen LogP contribution in [0.25, 0.3) is 10.8 Å². The number of halogens is 2. The van der Waals surface area contributed by atoms with Gasteiger partial charge < -0.3 is 10.4 Å². The zero-order chi connectivity index (χ0) is 21.3. The molecule has 1 amide bonds. The molecule has 30 heavy (non-hydrogen) atoms. The Balaban J connectivity index is 1.56. The molecule has 0 aliphatic heterocycles. The van der Waals surface area contributed by atoms with Crippen LogP contribution in [-0.4, -0.2) is 11.0 Å². The molecule has 0 aliphatic carbocycles. The molecule has 2 N–H and O–H groups in total. The molecular formula is C25H19Br2NO2. The van der Waals surface area contributed by atoms with Crippen molar-refractivity contribution in [2.45, 2.75) is 13.0 Å². The minimum atomic E-state index is -0.784. The zero-order valence-electron chi connectivity index (χ0n) is 16.2. The molecule has 0 radical (unpaired) electrons. The van der Waals surface area contributed by atoms with Gasteiger partial charge in [-0.25, -0.2) is 0 Å². The summed E-state index contributed by atoms with van der Waals surface area (Å²) in [6.07, 6.45) is -0.784. The van der Waals surface area contributed by atoms with Crippen LogP contribution < -0.4 is 5.32 Å². The summed E-state index contributed by atoms with van der Waals surface area (Å²) in [6.45, 7) is 1.95. The van der Waals surface area contributed by atoms with Gasteiger partial charge in [0.05, 0.1) is 0 Å². The topological polar surface area (TPSA) is 49.3 Å². The van der Waals surface area contributed by atoms with Gasteiger partial charge in [0.2, 0.25) is 0 Å². The molecule has 3 nitrogen and oxygen atoms in total. The molecule has 1 atom stereocenters. The van der Waals surface area contributed by atoms with Gasteiger partial charge in [-0.3, -0.25) is 4.79 Å². The molecule has 0 fully saturated rings. The fourth-order valence-corrected chi connectivity index (χ4v) is 4.32. The molecule has 0 bridgehead atoms. The Morgan fingerprint density at radius 3 is 2.17 bits per heavy atom. The van der Waals surface area contributed by atoms with Gasteiger partial charge >= 0.3 is 0 Å². The minimum Gasteiger partial charge on any atom is -0.384 e. The molecular weight excluding hydrogens is 506 g/mol. The summed E-state index contributed by atoms with van der Waals surface area (Å²) in [7, 11) is 0. The average Bonchev–Trinajstić information content (AvgIpc) is 2.77. The number of benzene rings is 4. The highest BCUT2D eigenvalue weighted by Crippen LogP contribution is 2.33. The molecule has 150 valence electrons. The molecule has 0 heterocycles. The van der Waals surface area contributed by atoms with Gasteiger partial charge in [-0.15, -0.1) is 0 Å². The first-order valence-corrected chi connectivity index (χ1v) is 11.1. The van der Waals surface area contributed by atoms with Crippen LogP contribution in [0.15, 0.2) is 87.8 Å². The van der Waals surface area contributed by atoms with Crippen LogP contribution in [0.4, 0.5) is 5.69 Å². The van der Waals surface area contributed by atoms with Crippen molar-refractivity contribution < 1.29 is 9.90 Å². The Morgan fingerprint density at radius 2 is 1.47 bits per heavy atom. The largest absolute Gasteiger partial charge is 0.384 e. The first kappa shape index (κ1) is 20.8. The lowest BCUT2D eigenvalue weighted by atomic mass is 9.97. The quantitative estimate of drug-likeness (QED) is 0.301. The lowest BCUT2D eigenvalue weighted by Crippen LogP contribution is -2.13. The van der Waals surface area contributed by atoms with Crippen LogP contribution in [0.3, 0.4) is 0 Å². The van der Waals surface area contributed by atoms with Gasteiger partial charge in [-0.2, -0.15) is 0 Å². The van der Waals surface area contributed by atoms with E-state index >= 15 is 0 Å². The van der Waals surface area contributed by atoms with Crippen molar-refractivity contribution in [3.63, 3.8) is 0 Å². The molecule has 4 rings (SSSR count). The van der Waals surface area contributed by atoms with E-state index in [0.29, 0.717) is 5.56 Å². The van der Waals surface area contributed by atoms with E-state index in [2.05, 4.69) is 37.2 Å². The van der Waals surface area contributed by atoms with Gasteiger partial charge in [0.25, 0.3) is 5.91 Å². The van der Waals surface area contributed by atoms with E-state index in [1.54, 1.807) is 24.3 Å². The Morgan fingerprint density at radius 1 is 0.833 bits per heavy atom. The molecule has 4 aromatic rings. The van der Waals surface area contributed by atoms with Crippen LogP contribution in [0, 0.1) is 6.92 Å². The number of aliphatic hydroxyl groups excluding tert-OH is 1. The van der Waals surface area contributed by atoms with Gasteiger partial charge in [-0.1, -0.05) is 74.3 Å². The van der Waals surface area contributed by atoms with Crippen LogP contribution in [-0.2, 0) is 0 Å². The monoisotopic (exact) mass is 523 g/mol. The van der Waals surface area contributed by atoms with Crippen molar-refractivity contribution in [2.75, 3.05) is 5.32 Å². The van der Waals surface area contributed by atoms with E-state index in [9.17, 15) is 9.90 Å². The summed E-state index contributed by atoms with van der Waals surface area (Å²) in [5.74, 6) is -0.176. The molecule has 0 saturated heterocycles. The molecule has 1 unspecified atom stereocenters. The molecule has 0 aromatic heterocycles. The molecule has 0 spiro atoms. The predicted octanol–water partition coefficient (Wildman–Crippen LogP) is 7.01. The number of aliphatic hydroxyl groups is 1. The van der Waals surface area contributed by atoms with E-state index < -0.39 is 6.10 Å². The maximum atomic E-state index is 12.6. The lowest BCUT2D eigenvalue weighted by Gasteiger charge is -2.14. The van der Waals surface area contributed by atoms with Crippen molar-refractivity contribution in [1.82, 2.24) is 0 Å².